The number of nitrogens with one attached hydrogen (secondary N) is 1. The maximum absolute atomic E-state index is 10.9. The van der Waals surface area contributed by atoms with Crippen LogP contribution in [0.5, 0.6) is 5.75 Å². The third-order valence-corrected chi connectivity index (χ3v) is 4.37. The Hall–Kier alpha value is -3.38. The summed E-state index contributed by atoms with van der Waals surface area (Å²) in [5, 5.41) is 4.57. The fourth-order valence-electron chi connectivity index (χ4n) is 2.76. The summed E-state index contributed by atoms with van der Waals surface area (Å²) in [7, 11) is 1.57. The molecule has 6 nitrogen and oxygen atoms in total. The van der Waals surface area contributed by atoms with Gasteiger partial charge in [0.05, 0.1) is 17.6 Å². The Morgan fingerprint density at radius 2 is 2.00 bits per heavy atom. The monoisotopic (exact) mass is 379 g/mol. The zero-order valence-corrected chi connectivity index (χ0v) is 15.0. The van der Waals surface area contributed by atoms with E-state index in [2.05, 4.69) is 15.3 Å². The van der Waals surface area contributed by atoms with Crippen LogP contribution in [0.25, 0.3) is 22.2 Å². The van der Waals surface area contributed by atoms with Crippen LogP contribution in [0.1, 0.15) is 10.6 Å². The second kappa shape index (κ2) is 7.09. The largest absolute Gasteiger partial charge is 0.495 e. The molecule has 0 bridgehead atoms. The summed E-state index contributed by atoms with van der Waals surface area (Å²) in [4.78, 5) is 19.5. The number of rotatable bonds is 5. The van der Waals surface area contributed by atoms with E-state index < -0.39 is 0 Å². The van der Waals surface area contributed by atoms with Gasteiger partial charge in [-0.15, -0.1) is 0 Å². The topological polar surface area (TPSA) is 77.2 Å². The Kier molecular flexibility index (Phi) is 4.48. The zero-order chi connectivity index (χ0) is 18.8. The number of ether oxygens (including phenoxy) is 1. The molecule has 0 aliphatic rings. The number of anilines is 2. The lowest BCUT2D eigenvalue weighted by atomic mass is 10.1. The van der Waals surface area contributed by atoms with Crippen LogP contribution in [0, 0.1) is 0 Å². The third kappa shape index (κ3) is 3.35. The minimum atomic E-state index is 0.278. The Morgan fingerprint density at radius 3 is 2.74 bits per heavy atom. The van der Waals surface area contributed by atoms with Crippen LogP contribution in [0.4, 0.5) is 11.5 Å². The fourth-order valence-corrected chi connectivity index (χ4v) is 3.02. The fraction of sp³-hybridized carbons (Fsp3) is 0.0500. The van der Waals surface area contributed by atoms with Crippen molar-refractivity contribution in [3.63, 3.8) is 0 Å². The summed E-state index contributed by atoms with van der Waals surface area (Å²) in [5.41, 5.74) is 2.37. The van der Waals surface area contributed by atoms with Crippen molar-refractivity contribution in [2.75, 3.05) is 12.4 Å². The molecule has 0 atom stereocenters. The molecule has 0 aliphatic heterocycles. The van der Waals surface area contributed by atoms with E-state index in [1.54, 1.807) is 31.4 Å². The minimum absolute atomic E-state index is 0.278. The average Bonchev–Trinajstić information content (AvgIpc) is 3.17. The van der Waals surface area contributed by atoms with E-state index in [0.717, 1.165) is 22.2 Å². The van der Waals surface area contributed by atoms with Gasteiger partial charge in [-0.3, -0.25) is 4.79 Å². The number of benzene rings is 2. The Balaban J connectivity index is 1.75. The first-order valence-electron chi connectivity index (χ1n) is 8.08. The van der Waals surface area contributed by atoms with Gasteiger partial charge in [0.15, 0.2) is 12.0 Å². The molecule has 0 radical (unpaired) electrons. The van der Waals surface area contributed by atoms with Gasteiger partial charge in [-0.1, -0.05) is 11.6 Å². The number of methoxy groups -OCH3 is 1. The highest BCUT2D eigenvalue weighted by Crippen LogP contribution is 2.32. The number of halogens is 1. The van der Waals surface area contributed by atoms with E-state index >= 15 is 0 Å². The van der Waals surface area contributed by atoms with Gasteiger partial charge in [-0.25, -0.2) is 9.97 Å². The lowest BCUT2D eigenvalue weighted by Gasteiger charge is -2.11. The summed E-state index contributed by atoms with van der Waals surface area (Å²) in [5.74, 6) is 2.10. The molecular formula is C20H14ClN3O3. The second-order valence-electron chi connectivity index (χ2n) is 5.75. The van der Waals surface area contributed by atoms with Crippen molar-refractivity contribution in [2.24, 2.45) is 0 Å². The van der Waals surface area contributed by atoms with Gasteiger partial charge in [0.1, 0.15) is 23.7 Å². The lowest BCUT2D eigenvalue weighted by molar-refractivity contribution is 0.110. The number of furan rings is 1. The summed E-state index contributed by atoms with van der Waals surface area (Å²) < 4.78 is 10.7. The predicted molar refractivity (Wildman–Crippen MR) is 104 cm³/mol. The number of aromatic nitrogens is 2. The smallest absolute Gasteiger partial charge is 0.185 e. The third-order valence-electron chi connectivity index (χ3n) is 4.08. The Morgan fingerprint density at radius 1 is 1.11 bits per heavy atom. The standard InChI is InChI=1S/C20H14ClN3O3/c1-26-19-6-3-13(9-16(19)21)24-20-15-8-12(2-5-17(15)22-11-23-20)18-7-4-14(10-25)27-18/h2-11H,1H3,(H,22,23,24). The number of hydrogen-bond donors (Lipinski definition) is 1. The van der Waals surface area contributed by atoms with Crippen LogP contribution in [-0.2, 0) is 0 Å². The van der Waals surface area contributed by atoms with Crippen LogP contribution in [-0.4, -0.2) is 23.4 Å². The van der Waals surface area contributed by atoms with E-state index in [0.29, 0.717) is 28.6 Å². The number of hydrogen-bond acceptors (Lipinski definition) is 6. The molecule has 2 heterocycles. The minimum Gasteiger partial charge on any atom is -0.495 e. The van der Waals surface area contributed by atoms with Crippen molar-refractivity contribution < 1.29 is 13.9 Å². The Bertz CT molecular complexity index is 1140. The van der Waals surface area contributed by atoms with Crippen molar-refractivity contribution >= 4 is 40.3 Å². The molecule has 0 saturated carbocycles. The van der Waals surface area contributed by atoms with E-state index in [9.17, 15) is 4.79 Å². The van der Waals surface area contributed by atoms with Crippen molar-refractivity contribution in [3.05, 3.63) is 65.6 Å². The van der Waals surface area contributed by atoms with Gasteiger partial charge in [-0.05, 0) is 48.5 Å². The number of fused-ring (bicyclic) bond motifs is 1. The van der Waals surface area contributed by atoms with Crippen molar-refractivity contribution in [2.45, 2.75) is 0 Å². The number of nitrogens with zero attached hydrogens (tertiary/aromatic N) is 2. The van der Waals surface area contributed by atoms with Gasteiger partial charge in [0.25, 0.3) is 0 Å². The number of carbonyl (C=O) groups excluding carboxylic acids is 1. The van der Waals surface area contributed by atoms with Gasteiger partial charge in [0.2, 0.25) is 0 Å². The zero-order valence-electron chi connectivity index (χ0n) is 14.3. The second-order valence-corrected chi connectivity index (χ2v) is 6.16. The summed E-state index contributed by atoms with van der Waals surface area (Å²) in [6.45, 7) is 0. The number of aldehydes is 1. The quantitative estimate of drug-likeness (QED) is 0.485. The molecule has 0 fully saturated rings. The first kappa shape index (κ1) is 17.1. The molecule has 134 valence electrons. The molecule has 0 aliphatic carbocycles. The van der Waals surface area contributed by atoms with E-state index in [4.69, 9.17) is 20.8 Å². The molecular weight excluding hydrogens is 366 g/mol. The van der Waals surface area contributed by atoms with Crippen molar-refractivity contribution in [3.8, 4) is 17.1 Å². The van der Waals surface area contributed by atoms with Crippen molar-refractivity contribution in [1.29, 1.82) is 0 Å². The van der Waals surface area contributed by atoms with Crippen LogP contribution < -0.4 is 10.1 Å². The first-order chi connectivity index (χ1) is 13.2. The lowest BCUT2D eigenvalue weighted by Crippen LogP contribution is -1.96. The highest BCUT2D eigenvalue weighted by atomic mass is 35.5. The summed E-state index contributed by atoms with van der Waals surface area (Å²) in [6, 6.07) is 14.5. The predicted octanol–water partition coefficient (Wildman–Crippen LogP) is 5.11. The van der Waals surface area contributed by atoms with Crippen LogP contribution >= 0.6 is 11.6 Å². The van der Waals surface area contributed by atoms with Gasteiger partial charge >= 0.3 is 0 Å². The normalized spacial score (nSPS) is 10.7. The SMILES string of the molecule is COc1ccc(Nc2ncnc3ccc(-c4ccc(C=O)o4)cc23)cc1Cl. The highest BCUT2D eigenvalue weighted by Gasteiger charge is 2.10. The molecule has 0 spiro atoms. The maximum atomic E-state index is 10.9. The molecule has 2 aromatic heterocycles. The van der Waals surface area contributed by atoms with E-state index in [-0.39, 0.29) is 5.76 Å². The van der Waals surface area contributed by atoms with Gasteiger partial charge < -0.3 is 14.5 Å². The van der Waals surface area contributed by atoms with Crippen LogP contribution in [0.15, 0.2) is 59.3 Å². The molecule has 0 amide bonds. The molecule has 0 saturated heterocycles. The average molecular weight is 380 g/mol. The molecule has 0 unspecified atom stereocenters. The molecule has 2 aromatic carbocycles. The maximum Gasteiger partial charge on any atom is 0.185 e. The molecule has 1 N–H and O–H groups in total. The van der Waals surface area contributed by atoms with E-state index in [1.807, 2.05) is 24.3 Å². The first-order valence-corrected chi connectivity index (χ1v) is 8.46. The highest BCUT2D eigenvalue weighted by molar-refractivity contribution is 6.32. The van der Waals surface area contributed by atoms with Crippen LogP contribution in [0.2, 0.25) is 5.02 Å². The molecule has 27 heavy (non-hydrogen) atoms. The molecule has 4 aromatic rings. The van der Waals surface area contributed by atoms with Gasteiger partial charge in [-0.2, -0.15) is 0 Å². The molecule has 4 rings (SSSR count). The Labute approximate surface area is 159 Å². The van der Waals surface area contributed by atoms with Crippen LogP contribution in [0.3, 0.4) is 0 Å². The molecule has 7 heteroatoms. The van der Waals surface area contributed by atoms with Crippen molar-refractivity contribution in [1.82, 2.24) is 9.97 Å². The summed E-state index contributed by atoms with van der Waals surface area (Å²) >= 11 is 6.20. The van der Waals surface area contributed by atoms with E-state index in [1.165, 1.54) is 6.33 Å². The summed E-state index contributed by atoms with van der Waals surface area (Å²) in [6.07, 6.45) is 2.17. The number of carbonyl (C=O) groups is 1. The van der Waals surface area contributed by atoms with Gasteiger partial charge in [0, 0.05) is 16.6 Å².